The maximum absolute atomic E-state index is 5.81. The molecule has 0 saturated carbocycles. The molecule has 0 saturated heterocycles. The highest BCUT2D eigenvalue weighted by molar-refractivity contribution is 7.03. The van der Waals surface area contributed by atoms with E-state index in [9.17, 15) is 0 Å². The molecule has 0 radical (unpaired) electrons. The van der Waals surface area contributed by atoms with Crippen LogP contribution in [0.25, 0.3) is 0 Å². The van der Waals surface area contributed by atoms with Gasteiger partial charge in [0.15, 0.2) is 0 Å². The Morgan fingerprint density at radius 1 is 1.50 bits per heavy atom. The van der Waals surface area contributed by atoms with E-state index in [0.29, 0.717) is 6.54 Å². The van der Waals surface area contributed by atoms with Crippen molar-refractivity contribution in [2.45, 2.75) is 20.4 Å². The summed E-state index contributed by atoms with van der Waals surface area (Å²) < 4.78 is 5.65. The molecule has 0 spiro atoms. The third-order valence-electron chi connectivity index (χ3n) is 2.15. The van der Waals surface area contributed by atoms with E-state index in [0.717, 1.165) is 22.8 Å². The van der Waals surface area contributed by atoms with Crippen LogP contribution in [0.1, 0.15) is 17.1 Å². The van der Waals surface area contributed by atoms with Crippen molar-refractivity contribution < 1.29 is 0 Å². The number of aromatic nitrogens is 4. The predicted molar refractivity (Wildman–Crippen MR) is 55.1 cm³/mol. The van der Waals surface area contributed by atoms with Gasteiger partial charge in [-0.25, -0.2) is 0 Å². The molecule has 6 heteroatoms. The van der Waals surface area contributed by atoms with Crippen LogP contribution in [0.15, 0.2) is 5.38 Å². The monoisotopic (exact) mass is 209 g/mol. The van der Waals surface area contributed by atoms with Crippen molar-refractivity contribution in [2.24, 2.45) is 0 Å². The van der Waals surface area contributed by atoms with E-state index in [2.05, 4.69) is 14.7 Å². The highest BCUT2D eigenvalue weighted by Crippen LogP contribution is 2.15. The van der Waals surface area contributed by atoms with Gasteiger partial charge in [0.05, 0.1) is 29.3 Å². The zero-order valence-corrected chi connectivity index (χ0v) is 8.88. The Morgan fingerprint density at radius 3 is 2.79 bits per heavy atom. The maximum Gasteiger partial charge on any atom is 0.0970 e. The summed E-state index contributed by atoms with van der Waals surface area (Å²) in [5, 5.41) is 10.2. The zero-order valence-electron chi connectivity index (χ0n) is 8.06. The van der Waals surface area contributed by atoms with Crippen LogP contribution in [0, 0.1) is 13.8 Å². The van der Waals surface area contributed by atoms with Crippen LogP contribution in [0.2, 0.25) is 0 Å². The van der Waals surface area contributed by atoms with Crippen molar-refractivity contribution in [3.8, 4) is 0 Å². The Hall–Kier alpha value is -1.43. The second-order valence-corrected chi connectivity index (χ2v) is 3.75. The van der Waals surface area contributed by atoms with E-state index in [-0.39, 0.29) is 0 Å². The fraction of sp³-hybridized carbons (Fsp3) is 0.375. The third-order valence-corrected chi connectivity index (χ3v) is 2.71. The highest BCUT2D eigenvalue weighted by atomic mass is 32.1. The summed E-state index contributed by atoms with van der Waals surface area (Å²) in [5.74, 6) is 0. The largest absolute Gasteiger partial charge is 0.396 e. The van der Waals surface area contributed by atoms with Gasteiger partial charge >= 0.3 is 0 Å². The first-order valence-electron chi connectivity index (χ1n) is 4.24. The average molecular weight is 209 g/mol. The van der Waals surface area contributed by atoms with Gasteiger partial charge < -0.3 is 5.73 Å². The van der Waals surface area contributed by atoms with Gasteiger partial charge in [0.1, 0.15) is 0 Å². The second kappa shape index (κ2) is 3.38. The molecule has 2 rings (SSSR count). The van der Waals surface area contributed by atoms with E-state index in [1.54, 1.807) is 0 Å². The predicted octanol–water partition coefficient (Wildman–Crippen LogP) is 0.982. The maximum atomic E-state index is 5.81. The first-order chi connectivity index (χ1) is 6.68. The fourth-order valence-electron chi connectivity index (χ4n) is 1.27. The van der Waals surface area contributed by atoms with Gasteiger partial charge in [-0.1, -0.05) is 4.49 Å². The molecule has 0 atom stereocenters. The second-order valence-electron chi connectivity index (χ2n) is 3.14. The van der Waals surface area contributed by atoms with Crippen LogP contribution in [0.4, 0.5) is 5.69 Å². The van der Waals surface area contributed by atoms with Gasteiger partial charge in [-0.3, -0.25) is 4.68 Å². The molecule has 2 N–H and O–H groups in total. The van der Waals surface area contributed by atoms with Gasteiger partial charge in [0.25, 0.3) is 0 Å². The highest BCUT2D eigenvalue weighted by Gasteiger charge is 2.08. The lowest BCUT2D eigenvalue weighted by Gasteiger charge is -2.00. The molecule has 2 aromatic heterocycles. The zero-order chi connectivity index (χ0) is 10.1. The number of nitrogens with zero attached hydrogens (tertiary/aromatic N) is 4. The first kappa shape index (κ1) is 9.14. The summed E-state index contributed by atoms with van der Waals surface area (Å²) >= 11 is 1.34. The molecule has 0 bridgehead atoms. The lowest BCUT2D eigenvalue weighted by Crippen LogP contribution is -2.04. The van der Waals surface area contributed by atoms with Crippen molar-refractivity contribution in [3.05, 3.63) is 22.5 Å². The molecule has 0 unspecified atom stereocenters. The topological polar surface area (TPSA) is 69.6 Å². The van der Waals surface area contributed by atoms with E-state index in [1.807, 2.05) is 23.9 Å². The van der Waals surface area contributed by atoms with Gasteiger partial charge in [-0.2, -0.15) is 5.10 Å². The average Bonchev–Trinajstić information content (AvgIpc) is 2.73. The molecule has 0 aliphatic heterocycles. The molecular formula is C8H11N5S. The lowest BCUT2D eigenvalue weighted by molar-refractivity contribution is 0.645. The smallest absolute Gasteiger partial charge is 0.0970 e. The minimum atomic E-state index is 0.639. The third kappa shape index (κ3) is 1.48. The SMILES string of the molecule is Cc1nn(Cc2csnn2)c(C)c1N. The van der Waals surface area contributed by atoms with E-state index >= 15 is 0 Å². The molecular weight excluding hydrogens is 198 g/mol. The van der Waals surface area contributed by atoms with Crippen LogP contribution in [0.5, 0.6) is 0 Å². The summed E-state index contributed by atoms with van der Waals surface area (Å²) in [6.45, 7) is 4.49. The number of aryl methyl sites for hydroxylation is 1. The van der Waals surface area contributed by atoms with Crippen molar-refractivity contribution in [2.75, 3.05) is 5.73 Å². The van der Waals surface area contributed by atoms with Gasteiger partial charge in [0.2, 0.25) is 0 Å². The van der Waals surface area contributed by atoms with Gasteiger partial charge in [0, 0.05) is 5.38 Å². The minimum absolute atomic E-state index is 0.639. The number of nitrogens with two attached hydrogens (primary N) is 1. The number of hydrogen-bond donors (Lipinski definition) is 1. The molecule has 0 fully saturated rings. The van der Waals surface area contributed by atoms with Crippen LogP contribution >= 0.6 is 11.5 Å². The van der Waals surface area contributed by atoms with Gasteiger partial charge in [-0.05, 0) is 25.4 Å². The summed E-state index contributed by atoms with van der Waals surface area (Å²) in [4.78, 5) is 0. The molecule has 2 heterocycles. The Labute approximate surface area is 85.7 Å². The Bertz CT molecular complexity index is 431. The molecule has 14 heavy (non-hydrogen) atoms. The van der Waals surface area contributed by atoms with E-state index in [1.165, 1.54) is 11.5 Å². The minimum Gasteiger partial charge on any atom is -0.396 e. The van der Waals surface area contributed by atoms with Crippen molar-refractivity contribution in [3.63, 3.8) is 0 Å². The quantitative estimate of drug-likeness (QED) is 0.800. The molecule has 2 aromatic rings. The molecule has 0 aliphatic rings. The molecule has 74 valence electrons. The number of hydrogen-bond acceptors (Lipinski definition) is 5. The van der Waals surface area contributed by atoms with Crippen molar-refractivity contribution in [1.29, 1.82) is 0 Å². The van der Waals surface area contributed by atoms with Crippen LogP contribution in [-0.2, 0) is 6.54 Å². The van der Waals surface area contributed by atoms with Crippen LogP contribution in [0.3, 0.4) is 0 Å². The molecule has 0 aliphatic carbocycles. The molecule has 0 aromatic carbocycles. The Morgan fingerprint density at radius 2 is 2.29 bits per heavy atom. The normalized spacial score (nSPS) is 10.7. The standard InChI is InChI=1S/C8H11N5S/c1-5-8(9)6(2)13(11-5)3-7-4-14-12-10-7/h4H,3,9H2,1-2H3. The fourth-order valence-corrected chi connectivity index (χ4v) is 1.71. The van der Waals surface area contributed by atoms with Crippen molar-refractivity contribution in [1.82, 2.24) is 19.4 Å². The summed E-state index contributed by atoms with van der Waals surface area (Å²) in [6, 6.07) is 0. The van der Waals surface area contributed by atoms with Crippen LogP contribution in [-0.4, -0.2) is 19.4 Å². The van der Waals surface area contributed by atoms with E-state index < -0.39 is 0 Å². The summed E-state index contributed by atoms with van der Waals surface area (Å²) in [7, 11) is 0. The van der Waals surface area contributed by atoms with Crippen molar-refractivity contribution >= 4 is 17.2 Å². The Balaban J connectivity index is 2.30. The summed E-state index contributed by atoms with van der Waals surface area (Å²) in [6.07, 6.45) is 0. The van der Waals surface area contributed by atoms with Crippen LogP contribution < -0.4 is 5.73 Å². The number of nitrogen functional groups attached to an aromatic ring is 1. The Kier molecular flexibility index (Phi) is 2.20. The molecule has 0 amide bonds. The number of anilines is 1. The lowest BCUT2D eigenvalue weighted by atomic mass is 10.3. The van der Waals surface area contributed by atoms with E-state index in [4.69, 9.17) is 5.73 Å². The number of rotatable bonds is 2. The molecule has 5 nitrogen and oxygen atoms in total. The van der Waals surface area contributed by atoms with Gasteiger partial charge in [-0.15, -0.1) is 5.10 Å². The first-order valence-corrected chi connectivity index (χ1v) is 5.07. The summed E-state index contributed by atoms with van der Waals surface area (Å²) in [5.41, 5.74) is 9.34.